The van der Waals surface area contributed by atoms with Gasteiger partial charge in [-0.15, -0.1) is 10.2 Å². The summed E-state index contributed by atoms with van der Waals surface area (Å²) in [7, 11) is 0. The Kier molecular flexibility index (Phi) is 7.89. The highest BCUT2D eigenvalue weighted by atomic mass is 32.2. The fraction of sp³-hybridized carbons (Fsp3) is 0.192. The minimum atomic E-state index is -0.215. The molecule has 9 heteroatoms. The molecule has 2 aromatic heterocycles. The molecule has 0 aliphatic rings. The summed E-state index contributed by atoms with van der Waals surface area (Å²) in [6.07, 6.45) is 4.80. The highest BCUT2D eigenvalue weighted by molar-refractivity contribution is 7.99. The Hall–Kier alpha value is -3.98. The lowest BCUT2D eigenvalue weighted by Crippen LogP contribution is -2.24. The second-order valence-corrected chi connectivity index (χ2v) is 9.13. The van der Waals surface area contributed by atoms with E-state index in [0.717, 1.165) is 11.3 Å². The monoisotopic (exact) mass is 486 g/mol. The number of benzene rings is 2. The molecule has 2 amide bonds. The van der Waals surface area contributed by atoms with Crippen molar-refractivity contribution in [3.63, 3.8) is 0 Å². The average Bonchev–Trinajstić information content (AvgIpc) is 3.36. The van der Waals surface area contributed by atoms with Crippen molar-refractivity contribution in [3.05, 3.63) is 96.1 Å². The lowest BCUT2D eigenvalue weighted by atomic mass is 10.0. The summed E-state index contributed by atoms with van der Waals surface area (Å²) in [5, 5.41) is 14.6. The van der Waals surface area contributed by atoms with Gasteiger partial charge in [0.15, 0.2) is 5.16 Å². The zero-order valence-electron chi connectivity index (χ0n) is 19.5. The van der Waals surface area contributed by atoms with Gasteiger partial charge in [0.25, 0.3) is 5.91 Å². The summed E-state index contributed by atoms with van der Waals surface area (Å²) >= 11 is 1.33. The van der Waals surface area contributed by atoms with Gasteiger partial charge >= 0.3 is 0 Å². The number of carbonyl (C=O) groups is 2. The number of anilines is 1. The lowest BCUT2D eigenvalue weighted by Gasteiger charge is -2.10. The number of rotatable bonds is 9. The third-order valence-electron chi connectivity index (χ3n) is 5.30. The number of thioether (sulfide) groups is 1. The number of nitrogens with zero attached hydrogens (tertiary/aromatic N) is 4. The highest BCUT2D eigenvalue weighted by Gasteiger charge is 2.11. The fourth-order valence-electron chi connectivity index (χ4n) is 3.37. The molecule has 35 heavy (non-hydrogen) atoms. The first-order valence-corrected chi connectivity index (χ1v) is 12.2. The van der Waals surface area contributed by atoms with Crippen LogP contribution < -0.4 is 10.6 Å². The SMILES string of the molecule is CC(C)c1ccc(-n2cnnc2SCC(=O)NCc2cccc(NC(=O)c3ccncc3)c2)cc1. The van der Waals surface area contributed by atoms with Crippen molar-refractivity contribution in [2.45, 2.75) is 31.5 Å². The number of carbonyl (C=O) groups excluding carboxylic acids is 2. The van der Waals surface area contributed by atoms with Crippen LogP contribution in [0.2, 0.25) is 0 Å². The van der Waals surface area contributed by atoms with Gasteiger partial charge in [-0.3, -0.25) is 19.1 Å². The molecule has 178 valence electrons. The Balaban J connectivity index is 1.29. The molecule has 0 saturated carbocycles. The molecule has 0 saturated heterocycles. The van der Waals surface area contributed by atoms with Crippen LogP contribution in [0, 0.1) is 0 Å². The Morgan fingerprint density at radius 1 is 1.03 bits per heavy atom. The van der Waals surface area contributed by atoms with E-state index >= 15 is 0 Å². The van der Waals surface area contributed by atoms with Gasteiger partial charge in [0, 0.05) is 35.9 Å². The van der Waals surface area contributed by atoms with E-state index in [4.69, 9.17) is 0 Å². The molecule has 0 fully saturated rings. The molecule has 4 aromatic rings. The van der Waals surface area contributed by atoms with Gasteiger partial charge in [0.2, 0.25) is 5.91 Å². The Morgan fingerprint density at radius 2 is 1.80 bits per heavy atom. The summed E-state index contributed by atoms with van der Waals surface area (Å²) in [6.45, 7) is 4.66. The fourth-order valence-corrected chi connectivity index (χ4v) is 4.13. The van der Waals surface area contributed by atoms with Crippen LogP contribution >= 0.6 is 11.8 Å². The largest absolute Gasteiger partial charge is 0.351 e. The normalized spacial score (nSPS) is 10.8. The Labute approximate surface area is 208 Å². The topological polar surface area (TPSA) is 102 Å². The summed E-state index contributed by atoms with van der Waals surface area (Å²) in [5.74, 6) is 0.334. The second-order valence-electron chi connectivity index (χ2n) is 8.19. The molecule has 0 aliphatic heterocycles. The van der Waals surface area contributed by atoms with Gasteiger partial charge in [-0.25, -0.2) is 0 Å². The molecule has 2 N–H and O–H groups in total. The maximum absolute atomic E-state index is 12.5. The van der Waals surface area contributed by atoms with Crippen molar-refractivity contribution in [3.8, 4) is 5.69 Å². The minimum absolute atomic E-state index is 0.120. The summed E-state index contributed by atoms with van der Waals surface area (Å²) in [4.78, 5) is 28.7. The molecule has 8 nitrogen and oxygen atoms in total. The lowest BCUT2D eigenvalue weighted by molar-refractivity contribution is -0.118. The molecule has 4 rings (SSSR count). The van der Waals surface area contributed by atoms with Crippen molar-refractivity contribution < 1.29 is 9.59 Å². The van der Waals surface area contributed by atoms with Gasteiger partial charge in [-0.05, 0) is 53.4 Å². The van der Waals surface area contributed by atoms with E-state index < -0.39 is 0 Å². The number of aromatic nitrogens is 4. The first-order valence-electron chi connectivity index (χ1n) is 11.2. The van der Waals surface area contributed by atoms with Crippen molar-refractivity contribution in [1.82, 2.24) is 25.1 Å². The predicted molar refractivity (Wildman–Crippen MR) is 137 cm³/mol. The van der Waals surface area contributed by atoms with Crippen LogP contribution in [-0.2, 0) is 11.3 Å². The molecule has 2 aromatic carbocycles. The molecular formula is C26H26N6O2S. The van der Waals surface area contributed by atoms with E-state index in [1.54, 1.807) is 36.9 Å². The molecule has 0 bridgehead atoms. The standard InChI is InChI=1S/C26H26N6O2S/c1-18(2)20-6-8-23(9-7-20)32-17-29-31-26(32)35-16-24(33)28-15-19-4-3-5-22(14-19)30-25(34)21-10-12-27-13-11-21/h3-14,17-18H,15-16H2,1-2H3,(H,28,33)(H,30,34). The molecule has 0 radical (unpaired) electrons. The van der Waals surface area contributed by atoms with Crippen LogP contribution in [0.1, 0.15) is 41.3 Å². The summed E-state index contributed by atoms with van der Waals surface area (Å²) < 4.78 is 1.87. The van der Waals surface area contributed by atoms with Crippen LogP contribution in [-0.4, -0.2) is 37.3 Å². The van der Waals surface area contributed by atoms with E-state index in [9.17, 15) is 9.59 Å². The first kappa shape index (κ1) is 24.2. The van der Waals surface area contributed by atoms with E-state index in [0.29, 0.717) is 28.9 Å². The van der Waals surface area contributed by atoms with Crippen molar-refractivity contribution >= 4 is 29.3 Å². The highest BCUT2D eigenvalue weighted by Crippen LogP contribution is 2.22. The van der Waals surface area contributed by atoms with Crippen LogP contribution in [0.25, 0.3) is 5.69 Å². The number of nitrogens with one attached hydrogen (secondary N) is 2. The molecule has 0 aliphatic carbocycles. The van der Waals surface area contributed by atoms with Crippen LogP contribution in [0.5, 0.6) is 0 Å². The number of hydrogen-bond acceptors (Lipinski definition) is 6. The predicted octanol–water partition coefficient (Wildman–Crippen LogP) is 4.45. The van der Waals surface area contributed by atoms with E-state index in [-0.39, 0.29) is 17.6 Å². The second kappa shape index (κ2) is 11.4. The van der Waals surface area contributed by atoms with Gasteiger partial charge in [0.1, 0.15) is 6.33 Å². The zero-order chi connectivity index (χ0) is 24.6. The van der Waals surface area contributed by atoms with Gasteiger partial charge in [-0.2, -0.15) is 0 Å². The molecule has 0 atom stereocenters. The quantitative estimate of drug-likeness (QED) is 0.339. The number of pyridine rings is 1. The molecule has 0 spiro atoms. The van der Waals surface area contributed by atoms with Gasteiger partial charge in [-0.1, -0.05) is 49.9 Å². The van der Waals surface area contributed by atoms with Crippen LogP contribution in [0.15, 0.2) is 84.5 Å². The minimum Gasteiger partial charge on any atom is -0.351 e. The molecule has 2 heterocycles. The van der Waals surface area contributed by atoms with Gasteiger partial charge in [0.05, 0.1) is 5.75 Å². The average molecular weight is 487 g/mol. The van der Waals surface area contributed by atoms with Crippen molar-refractivity contribution in [1.29, 1.82) is 0 Å². The first-order chi connectivity index (χ1) is 17.0. The van der Waals surface area contributed by atoms with Crippen LogP contribution in [0.3, 0.4) is 0 Å². The van der Waals surface area contributed by atoms with Crippen molar-refractivity contribution in [2.75, 3.05) is 11.1 Å². The van der Waals surface area contributed by atoms with Gasteiger partial charge < -0.3 is 10.6 Å². The summed E-state index contributed by atoms with van der Waals surface area (Å²) in [6, 6.07) is 18.9. The zero-order valence-corrected chi connectivity index (χ0v) is 20.3. The number of amides is 2. The van der Waals surface area contributed by atoms with Crippen molar-refractivity contribution in [2.24, 2.45) is 0 Å². The van der Waals surface area contributed by atoms with E-state index in [1.807, 2.05) is 34.9 Å². The molecular weight excluding hydrogens is 460 g/mol. The van der Waals surface area contributed by atoms with E-state index in [1.165, 1.54) is 17.3 Å². The Morgan fingerprint density at radius 3 is 2.54 bits per heavy atom. The molecule has 0 unspecified atom stereocenters. The Bertz CT molecular complexity index is 1290. The number of hydrogen-bond donors (Lipinski definition) is 2. The third kappa shape index (κ3) is 6.54. The summed E-state index contributed by atoms with van der Waals surface area (Å²) in [5.41, 5.74) is 4.28. The smallest absolute Gasteiger partial charge is 0.255 e. The van der Waals surface area contributed by atoms with Crippen LogP contribution in [0.4, 0.5) is 5.69 Å². The maximum Gasteiger partial charge on any atom is 0.255 e. The van der Waals surface area contributed by atoms with E-state index in [2.05, 4.69) is 51.8 Å². The maximum atomic E-state index is 12.5. The third-order valence-corrected chi connectivity index (χ3v) is 6.25.